The number of halogens is 4. The number of hydrogen-bond donors (Lipinski definition) is 2. The normalized spacial score (nSPS) is 16.0. The highest BCUT2D eigenvalue weighted by atomic mass is 35.5. The molecule has 0 spiro atoms. The summed E-state index contributed by atoms with van der Waals surface area (Å²) in [6, 6.07) is 25.8. The van der Waals surface area contributed by atoms with Crippen LogP contribution in [0.5, 0.6) is 23.0 Å². The molecule has 1 aliphatic rings. The highest BCUT2D eigenvalue weighted by molar-refractivity contribution is 6.36. The summed E-state index contributed by atoms with van der Waals surface area (Å²) in [5.41, 5.74) is 2.36. The van der Waals surface area contributed by atoms with Gasteiger partial charge in [0.1, 0.15) is 33.8 Å². The lowest BCUT2D eigenvalue weighted by atomic mass is 9.97. The summed E-state index contributed by atoms with van der Waals surface area (Å²) in [7, 11) is 0. The molecule has 230 valence electrons. The van der Waals surface area contributed by atoms with Gasteiger partial charge >= 0.3 is 6.18 Å². The minimum atomic E-state index is -4.63. The van der Waals surface area contributed by atoms with Crippen molar-refractivity contribution in [2.75, 3.05) is 10.6 Å². The number of carbonyl (C=O) groups excluding carboxylic acids is 1. The Labute approximate surface area is 262 Å². The van der Waals surface area contributed by atoms with Crippen LogP contribution < -0.4 is 20.1 Å². The number of alkyl halides is 3. The smallest absolute Gasteiger partial charge is 0.410 e. The standard InChI is InChI=1S/C34H28ClF3N4O3/c1-20-10-6-8-14-27(20)44-24-16-23(17-25(18-24)45-28-15-9-7-11-21(28)2)39-33(43)31-30(35)32-40-26(22-12-4-3-5-13-22)19-29(34(36,37)38)42(32)41-31/h3-18,26,29,40H,19H2,1-2H3,(H,39,43)/t26-,29+/m0/s1. The van der Waals surface area contributed by atoms with Crippen LogP contribution >= 0.6 is 11.6 Å². The minimum Gasteiger partial charge on any atom is -0.457 e. The molecule has 1 aliphatic heterocycles. The van der Waals surface area contributed by atoms with E-state index >= 15 is 0 Å². The molecular formula is C34H28ClF3N4O3. The zero-order chi connectivity index (χ0) is 31.7. The van der Waals surface area contributed by atoms with Crippen molar-refractivity contribution < 1.29 is 27.4 Å². The van der Waals surface area contributed by atoms with E-state index in [1.807, 2.05) is 62.4 Å². The van der Waals surface area contributed by atoms with Gasteiger partial charge in [0, 0.05) is 30.3 Å². The van der Waals surface area contributed by atoms with Gasteiger partial charge in [0.05, 0.1) is 6.04 Å². The van der Waals surface area contributed by atoms with Crippen LogP contribution in [-0.2, 0) is 0 Å². The second-order valence-electron chi connectivity index (χ2n) is 10.7. The fraction of sp³-hybridized carbons (Fsp3) is 0.176. The van der Waals surface area contributed by atoms with E-state index in [4.69, 9.17) is 21.1 Å². The number of fused-ring (bicyclic) bond motifs is 1. The Morgan fingerprint density at radius 3 is 2.00 bits per heavy atom. The number of rotatable bonds is 7. The van der Waals surface area contributed by atoms with Gasteiger partial charge in [-0.25, -0.2) is 4.68 Å². The number of aromatic nitrogens is 2. The van der Waals surface area contributed by atoms with Crippen molar-refractivity contribution in [3.05, 3.63) is 124 Å². The van der Waals surface area contributed by atoms with E-state index in [9.17, 15) is 18.0 Å². The lowest BCUT2D eigenvalue weighted by molar-refractivity contribution is -0.173. The number of nitrogens with zero attached hydrogens (tertiary/aromatic N) is 2. The summed E-state index contributed by atoms with van der Waals surface area (Å²) in [4.78, 5) is 13.5. The number of anilines is 2. The molecule has 4 aromatic carbocycles. The Bertz CT molecular complexity index is 1790. The third-order valence-corrected chi connectivity index (χ3v) is 7.85. The summed E-state index contributed by atoms with van der Waals surface area (Å²) in [6.07, 6.45) is -4.95. The van der Waals surface area contributed by atoms with Gasteiger partial charge in [-0.2, -0.15) is 18.3 Å². The van der Waals surface area contributed by atoms with Crippen LogP contribution in [0, 0.1) is 13.8 Å². The largest absolute Gasteiger partial charge is 0.457 e. The molecule has 2 atom stereocenters. The summed E-state index contributed by atoms with van der Waals surface area (Å²) in [5.74, 6) is 1.06. The summed E-state index contributed by atoms with van der Waals surface area (Å²) < 4.78 is 55.7. The Kier molecular flexibility index (Phi) is 8.16. The number of benzene rings is 4. The van der Waals surface area contributed by atoms with E-state index in [0.29, 0.717) is 28.6 Å². The van der Waals surface area contributed by atoms with Crippen LogP contribution in [0.1, 0.15) is 45.7 Å². The van der Waals surface area contributed by atoms with E-state index < -0.39 is 24.2 Å². The summed E-state index contributed by atoms with van der Waals surface area (Å²) in [5, 5.41) is 9.61. The van der Waals surface area contributed by atoms with Crippen molar-refractivity contribution in [1.29, 1.82) is 0 Å². The molecule has 1 amide bonds. The minimum absolute atomic E-state index is 0.0792. The highest BCUT2D eigenvalue weighted by Gasteiger charge is 2.47. The second-order valence-corrected chi connectivity index (χ2v) is 11.1. The van der Waals surface area contributed by atoms with E-state index in [2.05, 4.69) is 15.7 Å². The molecule has 2 N–H and O–H groups in total. The molecule has 0 saturated heterocycles. The predicted molar refractivity (Wildman–Crippen MR) is 167 cm³/mol. The van der Waals surface area contributed by atoms with Crippen LogP contribution in [0.3, 0.4) is 0 Å². The predicted octanol–water partition coefficient (Wildman–Crippen LogP) is 9.65. The van der Waals surface area contributed by atoms with Gasteiger partial charge in [0.15, 0.2) is 11.7 Å². The van der Waals surface area contributed by atoms with E-state index in [1.54, 1.807) is 48.5 Å². The average Bonchev–Trinajstić information content (AvgIpc) is 3.35. The molecule has 0 unspecified atom stereocenters. The third-order valence-electron chi connectivity index (χ3n) is 7.49. The molecule has 0 aliphatic carbocycles. The van der Waals surface area contributed by atoms with Crippen LogP contribution in [0.25, 0.3) is 0 Å². The topological polar surface area (TPSA) is 77.4 Å². The van der Waals surface area contributed by atoms with Gasteiger partial charge < -0.3 is 20.1 Å². The van der Waals surface area contributed by atoms with Crippen molar-refractivity contribution in [1.82, 2.24) is 9.78 Å². The first-order chi connectivity index (χ1) is 21.6. The first-order valence-corrected chi connectivity index (χ1v) is 14.5. The van der Waals surface area contributed by atoms with Crippen LogP contribution in [0.15, 0.2) is 97.1 Å². The molecule has 0 fully saturated rings. The molecule has 5 aromatic rings. The molecule has 0 radical (unpaired) electrons. The molecule has 0 bridgehead atoms. The SMILES string of the molecule is Cc1ccccc1Oc1cc(NC(=O)c2nn3c(c2Cl)N[C@H](c2ccccc2)C[C@@H]3C(F)(F)F)cc(Oc2ccccc2C)c1. The van der Waals surface area contributed by atoms with E-state index in [0.717, 1.165) is 15.8 Å². The van der Waals surface area contributed by atoms with Crippen LogP contribution in [-0.4, -0.2) is 21.9 Å². The molecule has 1 aromatic heterocycles. The molecule has 0 saturated carbocycles. The Morgan fingerprint density at radius 2 is 1.44 bits per heavy atom. The number of para-hydroxylation sites is 2. The highest BCUT2D eigenvalue weighted by Crippen LogP contribution is 2.46. The zero-order valence-corrected chi connectivity index (χ0v) is 25.0. The van der Waals surface area contributed by atoms with Crippen molar-refractivity contribution in [3.63, 3.8) is 0 Å². The average molecular weight is 633 g/mol. The maximum absolute atomic E-state index is 14.2. The maximum Gasteiger partial charge on any atom is 0.410 e. The van der Waals surface area contributed by atoms with Gasteiger partial charge in [-0.15, -0.1) is 0 Å². The van der Waals surface area contributed by atoms with Crippen LogP contribution in [0.4, 0.5) is 24.7 Å². The van der Waals surface area contributed by atoms with Gasteiger partial charge in [0.25, 0.3) is 5.91 Å². The van der Waals surface area contributed by atoms with Gasteiger partial charge in [-0.3, -0.25) is 4.79 Å². The lowest BCUT2D eigenvalue weighted by Crippen LogP contribution is -2.35. The van der Waals surface area contributed by atoms with Crippen molar-refractivity contribution in [3.8, 4) is 23.0 Å². The molecule has 7 nitrogen and oxygen atoms in total. The molecule has 11 heteroatoms. The number of nitrogens with one attached hydrogen (secondary N) is 2. The fourth-order valence-electron chi connectivity index (χ4n) is 5.19. The number of hydrogen-bond acceptors (Lipinski definition) is 5. The first kappa shape index (κ1) is 30.1. The summed E-state index contributed by atoms with van der Waals surface area (Å²) in [6.45, 7) is 3.80. The van der Waals surface area contributed by atoms with E-state index in [1.165, 1.54) is 0 Å². The third kappa shape index (κ3) is 6.46. The lowest BCUT2D eigenvalue weighted by Gasteiger charge is -2.33. The van der Waals surface area contributed by atoms with Crippen molar-refractivity contribution >= 4 is 29.0 Å². The summed E-state index contributed by atoms with van der Waals surface area (Å²) >= 11 is 6.56. The van der Waals surface area contributed by atoms with Gasteiger partial charge in [-0.05, 0) is 42.7 Å². The molecule has 6 rings (SSSR count). The van der Waals surface area contributed by atoms with Crippen molar-refractivity contribution in [2.24, 2.45) is 0 Å². The number of ether oxygens (including phenoxy) is 2. The molecule has 2 heterocycles. The maximum atomic E-state index is 14.2. The molecular weight excluding hydrogens is 605 g/mol. The zero-order valence-electron chi connectivity index (χ0n) is 24.2. The number of aryl methyl sites for hydroxylation is 2. The van der Waals surface area contributed by atoms with Crippen LogP contribution in [0.2, 0.25) is 5.02 Å². The Balaban J connectivity index is 1.33. The van der Waals surface area contributed by atoms with Gasteiger partial charge in [0.2, 0.25) is 0 Å². The van der Waals surface area contributed by atoms with E-state index in [-0.39, 0.29) is 28.6 Å². The van der Waals surface area contributed by atoms with Crippen molar-refractivity contribution in [2.45, 2.75) is 38.5 Å². The first-order valence-electron chi connectivity index (χ1n) is 14.2. The van der Waals surface area contributed by atoms with Gasteiger partial charge in [-0.1, -0.05) is 78.3 Å². The quantitative estimate of drug-likeness (QED) is 0.187. The fourth-order valence-corrected chi connectivity index (χ4v) is 5.45. The second kappa shape index (κ2) is 12.2. The number of carbonyl (C=O) groups is 1. The number of amides is 1. The Morgan fingerprint density at radius 1 is 0.889 bits per heavy atom. The monoisotopic (exact) mass is 632 g/mol. The Hall–Kier alpha value is -4.96. The molecule has 45 heavy (non-hydrogen) atoms.